The predicted molar refractivity (Wildman–Crippen MR) is 89.2 cm³/mol. The van der Waals surface area contributed by atoms with E-state index in [1.807, 2.05) is 32.9 Å². The maximum absolute atomic E-state index is 14.1. The summed E-state index contributed by atoms with van der Waals surface area (Å²) in [6, 6.07) is 2.02. The van der Waals surface area contributed by atoms with Crippen molar-refractivity contribution in [2.75, 3.05) is 0 Å². The molecule has 0 saturated heterocycles. The number of rotatable bonds is 3. The Morgan fingerprint density at radius 2 is 2.05 bits per heavy atom. The normalized spacial score (nSPS) is 13.2. The van der Waals surface area contributed by atoms with Crippen LogP contribution in [-0.2, 0) is 0 Å². The Hall–Kier alpha value is -2.23. The van der Waals surface area contributed by atoms with Gasteiger partial charge in [-0.1, -0.05) is 12.7 Å². The van der Waals surface area contributed by atoms with E-state index in [4.69, 9.17) is 0 Å². The molecule has 0 aromatic carbocycles. The quantitative estimate of drug-likeness (QED) is 0.872. The van der Waals surface area contributed by atoms with E-state index >= 15 is 0 Å². The van der Waals surface area contributed by atoms with Crippen LogP contribution in [0.4, 0.5) is 4.39 Å². The first-order chi connectivity index (χ1) is 10.3. The number of pyridine rings is 1. The summed E-state index contributed by atoms with van der Waals surface area (Å²) in [7, 11) is 0. The lowest BCUT2D eigenvalue weighted by molar-refractivity contribution is 0.569. The maximum Gasteiger partial charge on any atom is 0.149 e. The van der Waals surface area contributed by atoms with Crippen LogP contribution in [0.5, 0.6) is 0 Å². The zero-order valence-electron chi connectivity index (χ0n) is 13.8. The molecule has 0 bridgehead atoms. The van der Waals surface area contributed by atoms with Crippen molar-refractivity contribution >= 4 is 18.2 Å². The molecule has 0 atom stereocenters. The van der Waals surface area contributed by atoms with Gasteiger partial charge in [0.05, 0.1) is 16.9 Å². The molecule has 0 radical (unpaired) electrons. The van der Waals surface area contributed by atoms with Gasteiger partial charge >= 0.3 is 0 Å². The summed E-state index contributed by atoms with van der Waals surface area (Å²) in [4.78, 5) is 8.43. The van der Waals surface area contributed by atoms with Gasteiger partial charge in [-0.25, -0.2) is 9.37 Å². The van der Waals surface area contributed by atoms with Crippen molar-refractivity contribution in [3.05, 3.63) is 51.9 Å². The monoisotopic (exact) mass is 299 g/mol. The van der Waals surface area contributed by atoms with Crippen molar-refractivity contribution in [3.8, 4) is 0 Å². The highest BCUT2D eigenvalue weighted by molar-refractivity contribution is 5.88. The Balaban J connectivity index is 2.70. The number of aryl methyl sites for hydroxylation is 2. The molecule has 2 heterocycles. The minimum Gasteiger partial charge on any atom is -0.326 e. The minimum absolute atomic E-state index is 0.261. The van der Waals surface area contributed by atoms with Crippen LogP contribution in [0.2, 0.25) is 0 Å². The van der Waals surface area contributed by atoms with Crippen LogP contribution in [0, 0.1) is 19.7 Å². The van der Waals surface area contributed by atoms with Crippen LogP contribution < -0.4 is 10.7 Å². The minimum atomic E-state index is -0.326. The Bertz CT molecular complexity index is 829. The molecule has 0 amide bonds. The molecule has 4 heteroatoms. The van der Waals surface area contributed by atoms with E-state index in [0.717, 1.165) is 22.4 Å². The van der Waals surface area contributed by atoms with Crippen molar-refractivity contribution in [1.82, 2.24) is 14.5 Å². The summed E-state index contributed by atoms with van der Waals surface area (Å²) < 4.78 is 16.2. The lowest BCUT2D eigenvalue weighted by Crippen LogP contribution is -2.30. The van der Waals surface area contributed by atoms with E-state index in [9.17, 15) is 4.39 Å². The zero-order chi connectivity index (χ0) is 16.4. The Kier molecular flexibility index (Phi) is 4.59. The second kappa shape index (κ2) is 6.26. The Morgan fingerprint density at radius 1 is 1.36 bits per heavy atom. The van der Waals surface area contributed by atoms with Crippen molar-refractivity contribution in [1.29, 1.82) is 0 Å². The average molecular weight is 299 g/mol. The summed E-state index contributed by atoms with van der Waals surface area (Å²) in [6.45, 7) is 13.9. The first-order valence-electron chi connectivity index (χ1n) is 7.39. The Labute approximate surface area is 130 Å². The van der Waals surface area contributed by atoms with Crippen LogP contribution >= 0.6 is 0 Å². The molecule has 22 heavy (non-hydrogen) atoms. The number of hydrogen-bond acceptors (Lipinski definition) is 2. The molecular weight excluding hydrogens is 277 g/mol. The smallest absolute Gasteiger partial charge is 0.149 e. The van der Waals surface area contributed by atoms with Gasteiger partial charge in [-0.3, -0.25) is 4.98 Å². The summed E-state index contributed by atoms with van der Waals surface area (Å²) in [5, 5.41) is 1.62. The molecule has 0 aliphatic heterocycles. The predicted octanol–water partition coefficient (Wildman–Crippen LogP) is 2.91. The molecule has 3 nitrogen and oxygen atoms in total. The van der Waals surface area contributed by atoms with Gasteiger partial charge in [-0.2, -0.15) is 0 Å². The van der Waals surface area contributed by atoms with Crippen molar-refractivity contribution in [3.63, 3.8) is 0 Å². The van der Waals surface area contributed by atoms with E-state index in [2.05, 4.69) is 35.0 Å². The third-order valence-corrected chi connectivity index (χ3v) is 3.62. The fourth-order valence-corrected chi connectivity index (χ4v) is 2.65. The maximum atomic E-state index is 14.1. The zero-order valence-corrected chi connectivity index (χ0v) is 13.8. The average Bonchev–Trinajstić information content (AvgIpc) is 2.73. The molecule has 2 rings (SSSR count). The number of nitrogens with zero attached hydrogens (tertiary/aromatic N) is 3. The molecule has 0 aliphatic rings. The van der Waals surface area contributed by atoms with E-state index < -0.39 is 0 Å². The molecule has 0 spiro atoms. The molecule has 0 aliphatic carbocycles. The highest BCUT2D eigenvalue weighted by Crippen LogP contribution is 2.19. The van der Waals surface area contributed by atoms with Gasteiger partial charge in [-0.05, 0) is 52.3 Å². The van der Waals surface area contributed by atoms with E-state index in [0.29, 0.717) is 10.9 Å². The van der Waals surface area contributed by atoms with E-state index in [-0.39, 0.29) is 11.9 Å². The van der Waals surface area contributed by atoms with Gasteiger partial charge < -0.3 is 4.57 Å². The van der Waals surface area contributed by atoms with E-state index in [1.165, 1.54) is 6.20 Å². The highest BCUT2D eigenvalue weighted by Gasteiger charge is 2.10. The number of hydrogen-bond donors (Lipinski definition) is 0. The fourth-order valence-electron chi connectivity index (χ4n) is 2.65. The van der Waals surface area contributed by atoms with Crippen LogP contribution in [0.3, 0.4) is 0 Å². The summed E-state index contributed by atoms with van der Waals surface area (Å²) in [6.07, 6.45) is 5.10. The molecule has 0 unspecified atom stereocenters. The first kappa shape index (κ1) is 16.1. The van der Waals surface area contributed by atoms with Crippen LogP contribution in [0.15, 0.2) is 18.3 Å². The molecular formula is C18H22FN3. The van der Waals surface area contributed by atoms with E-state index in [1.54, 1.807) is 6.07 Å². The van der Waals surface area contributed by atoms with Crippen LogP contribution in [-0.4, -0.2) is 14.5 Å². The standard InChI is InChI=1S/C18H22FN3/c1-7-15(16-8-12(4)20-10-17(16)19)9-18-13(5)21-14(6)22(18)11(2)3/h7-11H,5H2,1-4,6H3/b15-7+,18-9+. The Morgan fingerprint density at radius 3 is 2.64 bits per heavy atom. The summed E-state index contributed by atoms with van der Waals surface area (Å²) >= 11 is 0. The third-order valence-electron chi connectivity index (χ3n) is 3.62. The molecule has 116 valence electrons. The fraction of sp³-hybridized carbons (Fsp3) is 0.333. The van der Waals surface area contributed by atoms with Gasteiger partial charge in [0.25, 0.3) is 0 Å². The highest BCUT2D eigenvalue weighted by atomic mass is 19.1. The van der Waals surface area contributed by atoms with Gasteiger partial charge in [0.1, 0.15) is 11.6 Å². The molecule has 2 aromatic rings. The lowest BCUT2D eigenvalue weighted by atomic mass is 10.0. The number of allylic oxidation sites excluding steroid dienone is 2. The van der Waals surface area contributed by atoms with Gasteiger partial charge in [0.15, 0.2) is 0 Å². The third kappa shape index (κ3) is 3.01. The molecule has 0 saturated carbocycles. The molecule has 0 fully saturated rings. The lowest BCUT2D eigenvalue weighted by Gasteiger charge is -2.11. The number of halogens is 1. The number of imidazole rings is 1. The summed E-state index contributed by atoms with van der Waals surface area (Å²) in [5.74, 6) is 0.584. The second-order valence-electron chi connectivity index (χ2n) is 5.65. The second-order valence-corrected chi connectivity index (χ2v) is 5.65. The van der Waals surface area contributed by atoms with Gasteiger partial charge in [-0.15, -0.1) is 0 Å². The van der Waals surface area contributed by atoms with Crippen LogP contribution in [0.1, 0.15) is 43.9 Å². The van der Waals surface area contributed by atoms with Gasteiger partial charge in [0.2, 0.25) is 0 Å². The topological polar surface area (TPSA) is 30.7 Å². The van der Waals surface area contributed by atoms with Crippen molar-refractivity contribution in [2.45, 2.75) is 40.7 Å². The first-order valence-corrected chi connectivity index (χ1v) is 7.39. The molecule has 0 N–H and O–H groups in total. The van der Waals surface area contributed by atoms with Crippen LogP contribution in [0.25, 0.3) is 18.2 Å². The van der Waals surface area contributed by atoms with Gasteiger partial charge in [0, 0.05) is 17.3 Å². The SMILES string of the molecule is C=c1nc(C)n(C(C)C)/c1=C/C(=C\C)c1cc(C)ncc1F. The molecule has 2 aromatic heterocycles. The van der Waals surface area contributed by atoms with Crippen molar-refractivity contribution in [2.24, 2.45) is 0 Å². The van der Waals surface area contributed by atoms with Crippen molar-refractivity contribution < 1.29 is 4.39 Å². The summed E-state index contributed by atoms with van der Waals surface area (Å²) in [5.41, 5.74) is 2.13. The number of aromatic nitrogens is 3. The largest absolute Gasteiger partial charge is 0.326 e.